The zero-order valence-electron chi connectivity index (χ0n) is 4.17. The molecule has 1 N–H and O–H groups in total. The van der Waals surface area contributed by atoms with Crippen LogP contribution in [-0.4, -0.2) is 15.4 Å². The maximum absolute atomic E-state index is 10.2. The van der Waals surface area contributed by atoms with Crippen LogP contribution in [0.1, 0.15) is 9.67 Å². The lowest BCUT2D eigenvalue weighted by Gasteiger charge is -1.82. The van der Waals surface area contributed by atoms with E-state index in [1.165, 1.54) is 6.20 Å². The number of aromatic nitrogens is 1. The van der Waals surface area contributed by atoms with Crippen molar-refractivity contribution in [2.45, 2.75) is 0 Å². The standard InChI is InChI=1S/C4H2BrNO2S/c5-2-1-6-9-3(2)4(7)8/h1H,(H,7,8). The number of carboxylic acid groups (broad SMARTS) is 1. The second kappa shape index (κ2) is 2.45. The lowest BCUT2D eigenvalue weighted by atomic mass is 10.5. The Labute approximate surface area is 63.6 Å². The van der Waals surface area contributed by atoms with E-state index in [-0.39, 0.29) is 4.88 Å². The van der Waals surface area contributed by atoms with Crippen molar-refractivity contribution in [3.05, 3.63) is 15.5 Å². The molecule has 3 nitrogen and oxygen atoms in total. The van der Waals surface area contributed by atoms with Gasteiger partial charge in [-0.2, -0.15) is 4.37 Å². The molecule has 48 valence electrons. The van der Waals surface area contributed by atoms with Crippen LogP contribution in [0.25, 0.3) is 0 Å². The van der Waals surface area contributed by atoms with E-state index in [0.29, 0.717) is 4.47 Å². The molecule has 1 heterocycles. The number of rotatable bonds is 1. The summed E-state index contributed by atoms with van der Waals surface area (Å²) in [5.41, 5.74) is 0. The van der Waals surface area contributed by atoms with Gasteiger partial charge in [-0.05, 0) is 27.5 Å². The Hall–Kier alpha value is -0.420. The van der Waals surface area contributed by atoms with E-state index >= 15 is 0 Å². The van der Waals surface area contributed by atoms with Crippen molar-refractivity contribution in [3.8, 4) is 0 Å². The third kappa shape index (κ3) is 1.28. The van der Waals surface area contributed by atoms with Gasteiger partial charge < -0.3 is 5.11 Å². The highest BCUT2D eigenvalue weighted by Crippen LogP contribution is 2.18. The second-order valence-electron chi connectivity index (χ2n) is 1.31. The third-order valence-corrected chi connectivity index (χ3v) is 2.37. The van der Waals surface area contributed by atoms with Crippen molar-refractivity contribution >= 4 is 33.4 Å². The molecule has 0 saturated carbocycles. The zero-order chi connectivity index (χ0) is 6.85. The Balaban J connectivity index is 3.08. The van der Waals surface area contributed by atoms with Crippen molar-refractivity contribution in [2.75, 3.05) is 0 Å². The van der Waals surface area contributed by atoms with Gasteiger partial charge in [0.1, 0.15) is 4.88 Å². The molecular weight excluding hydrogens is 206 g/mol. The number of carbonyl (C=O) groups is 1. The Kier molecular flexibility index (Phi) is 1.82. The summed E-state index contributed by atoms with van der Waals surface area (Å²) < 4.78 is 4.20. The van der Waals surface area contributed by atoms with E-state index in [0.717, 1.165) is 11.5 Å². The summed E-state index contributed by atoms with van der Waals surface area (Å²) in [5.74, 6) is -0.940. The average Bonchev–Trinajstić information content (AvgIpc) is 2.13. The van der Waals surface area contributed by atoms with Crippen LogP contribution in [0.5, 0.6) is 0 Å². The first-order valence-electron chi connectivity index (χ1n) is 2.05. The van der Waals surface area contributed by atoms with Gasteiger partial charge in [0.15, 0.2) is 0 Å². The minimum absolute atomic E-state index is 0.245. The van der Waals surface area contributed by atoms with Crippen LogP contribution in [-0.2, 0) is 0 Å². The van der Waals surface area contributed by atoms with Crippen molar-refractivity contribution < 1.29 is 9.90 Å². The normalized spacial score (nSPS) is 9.44. The second-order valence-corrected chi connectivity index (χ2v) is 2.96. The zero-order valence-corrected chi connectivity index (χ0v) is 6.57. The number of carboxylic acids is 1. The topological polar surface area (TPSA) is 50.2 Å². The third-order valence-electron chi connectivity index (χ3n) is 0.721. The highest BCUT2D eigenvalue weighted by Gasteiger charge is 2.09. The predicted molar refractivity (Wildman–Crippen MR) is 36.8 cm³/mol. The van der Waals surface area contributed by atoms with Gasteiger partial charge in [-0.1, -0.05) is 0 Å². The first-order valence-corrected chi connectivity index (χ1v) is 3.62. The highest BCUT2D eigenvalue weighted by atomic mass is 79.9. The summed E-state index contributed by atoms with van der Waals surface area (Å²) in [6, 6.07) is 0. The van der Waals surface area contributed by atoms with Crippen molar-refractivity contribution in [3.63, 3.8) is 0 Å². The molecule has 0 aromatic carbocycles. The van der Waals surface area contributed by atoms with Gasteiger partial charge in [0.05, 0.1) is 10.7 Å². The van der Waals surface area contributed by atoms with Gasteiger partial charge in [-0.25, -0.2) is 4.79 Å². The summed E-state index contributed by atoms with van der Waals surface area (Å²) in [5, 5.41) is 8.39. The Morgan fingerprint density at radius 2 is 2.56 bits per heavy atom. The fourth-order valence-electron chi connectivity index (χ4n) is 0.369. The number of nitrogens with zero attached hydrogens (tertiary/aromatic N) is 1. The Bertz CT molecular complexity index is 234. The number of hydrogen-bond donors (Lipinski definition) is 1. The summed E-state index contributed by atoms with van der Waals surface area (Å²) in [6.07, 6.45) is 1.47. The molecule has 1 aromatic heterocycles. The number of halogens is 1. The van der Waals surface area contributed by atoms with Crippen LogP contribution in [0.3, 0.4) is 0 Å². The summed E-state index contributed by atoms with van der Waals surface area (Å²) in [6.45, 7) is 0. The van der Waals surface area contributed by atoms with Crippen molar-refractivity contribution in [1.29, 1.82) is 0 Å². The molecule has 0 radical (unpaired) electrons. The monoisotopic (exact) mass is 207 g/mol. The Morgan fingerprint density at radius 1 is 1.89 bits per heavy atom. The van der Waals surface area contributed by atoms with Gasteiger partial charge in [0.2, 0.25) is 0 Å². The fourth-order valence-corrected chi connectivity index (χ4v) is 1.47. The highest BCUT2D eigenvalue weighted by molar-refractivity contribution is 9.10. The fraction of sp³-hybridized carbons (Fsp3) is 0. The lowest BCUT2D eigenvalue weighted by molar-refractivity contribution is 0.0701. The molecule has 0 aliphatic carbocycles. The van der Waals surface area contributed by atoms with Crippen LogP contribution in [0.2, 0.25) is 0 Å². The summed E-state index contributed by atoms with van der Waals surface area (Å²) >= 11 is 4.00. The van der Waals surface area contributed by atoms with Gasteiger partial charge in [0.25, 0.3) is 0 Å². The van der Waals surface area contributed by atoms with Gasteiger partial charge in [-0.3, -0.25) is 0 Å². The maximum atomic E-state index is 10.2. The molecule has 9 heavy (non-hydrogen) atoms. The molecule has 1 aromatic rings. The molecular formula is C4H2BrNO2S. The van der Waals surface area contributed by atoms with Crippen LogP contribution < -0.4 is 0 Å². The van der Waals surface area contributed by atoms with Gasteiger partial charge >= 0.3 is 5.97 Å². The summed E-state index contributed by atoms with van der Waals surface area (Å²) in [7, 11) is 0. The van der Waals surface area contributed by atoms with Crippen molar-refractivity contribution in [1.82, 2.24) is 4.37 Å². The van der Waals surface area contributed by atoms with Crippen LogP contribution >= 0.6 is 27.5 Å². The van der Waals surface area contributed by atoms with Crippen LogP contribution in [0.15, 0.2) is 10.7 Å². The van der Waals surface area contributed by atoms with Gasteiger partial charge in [-0.15, -0.1) is 0 Å². The van der Waals surface area contributed by atoms with Crippen LogP contribution in [0.4, 0.5) is 0 Å². The molecule has 0 aliphatic rings. The lowest BCUT2D eigenvalue weighted by Crippen LogP contribution is -1.91. The predicted octanol–water partition coefficient (Wildman–Crippen LogP) is 1.60. The molecule has 0 spiro atoms. The first-order chi connectivity index (χ1) is 4.22. The molecule has 0 unspecified atom stereocenters. The molecule has 0 fully saturated rings. The average molecular weight is 208 g/mol. The quantitative estimate of drug-likeness (QED) is 0.762. The number of aromatic carboxylic acids is 1. The molecule has 0 amide bonds. The smallest absolute Gasteiger partial charge is 0.348 e. The molecule has 5 heteroatoms. The number of hydrogen-bond acceptors (Lipinski definition) is 3. The molecule has 1 rings (SSSR count). The largest absolute Gasteiger partial charge is 0.477 e. The SMILES string of the molecule is O=C(O)c1sncc1Br. The van der Waals surface area contributed by atoms with E-state index in [2.05, 4.69) is 20.3 Å². The van der Waals surface area contributed by atoms with Crippen LogP contribution in [0, 0.1) is 0 Å². The minimum atomic E-state index is -0.940. The molecule has 0 bridgehead atoms. The molecule has 0 atom stereocenters. The first kappa shape index (κ1) is 6.70. The van der Waals surface area contributed by atoms with E-state index in [4.69, 9.17) is 5.11 Å². The minimum Gasteiger partial charge on any atom is -0.477 e. The Morgan fingerprint density at radius 3 is 2.78 bits per heavy atom. The van der Waals surface area contributed by atoms with E-state index in [1.54, 1.807) is 0 Å². The summed E-state index contributed by atoms with van der Waals surface area (Å²) in [4.78, 5) is 10.5. The van der Waals surface area contributed by atoms with E-state index < -0.39 is 5.97 Å². The molecule has 0 saturated heterocycles. The van der Waals surface area contributed by atoms with Crippen molar-refractivity contribution in [2.24, 2.45) is 0 Å². The maximum Gasteiger partial charge on any atom is 0.348 e. The molecule has 0 aliphatic heterocycles. The van der Waals surface area contributed by atoms with Gasteiger partial charge in [0, 0.05) is 0 Å². The van der Waals surface area contributed by atoms with E-state index in [1.807, 2.05) is 0 Å². The van der Waals surface area contributed by atoms with E-state index in [9.17, 15) is 4.79 Å².